The molecule has 0 spiro atoms. The number of carboxylic acids is 1. The van der Waals surface area contributed by atoms with Crippen LogP contribution in [0.1, 0.15) is 86.0 Å². The lowest BCUT2D eigenvalue weighted by atomic mass is 9.39. The standard InChI is InChI=1S/C27H46O5/c1-6-17-20-12-16(28)11-15(3)26(20,4)21-13-22(29)27(5)18(14(2)7-10-23(30)31)8-9-19(27)24(21)25(17)32/h14-22,24-25,28-29,32H,6-13H2,1-5H3,(H,30,31)/t14-,15?,16-,17-,18-,19+,20+,21+,22+,24-,25-,26+,27-/m1/s1. The third-order valence-electron chi connectivity index (χ3n) is 11.6. The van der Waals surface area contributed by atoms with Gasteiger partial charge in [0, 0.05) is 6.42 Å². The van der Waals surface area contributed by atoms with Crippen LogP contribution >= 0.6 is 0 Å². The predicted octanol–water partition coefficient (Wildman–Crippen LogP) is 4.33. The van der Waals surface area contributed by atoms with Gasteiger partial charge in [0.25, 0.3) is 0 Å². The second-order valence-electron chi connectivity index (χ2n) is 12.6. The van der Waals surface area contributed by atoms with Gasteiger partial charge in [-0.3, -0.25) is 4.79 Å². The first-order valence-electron chi connectivity index (χ1n) is 13.2. The molecule has 0 saturated heterocycles. The average molecular weight is 451 g/mol. The average Bonchev–Trinajstić information content (AvgIpc) is 3.08. The molecule has 13 atom stereocenters. The van der Waals surface area contributed by atoms with Gasteiger partial charge in [-0.15, -0.1) is 0 Å². The fourth-order valence-electron chi connectivity index (χ4n) is 9.88. The van der Waals surface area contributed by atoms with Gasteiger partial charge in [0.15, 0.2) is 0 Å². The van der Waals surface area contributed by atoms with Crippen LogP contribution in [-0.2, 0) is 4.79 Å². The molecule has 0 heterocycles. The third-order valence-corrected chi connectivity index (χ3v) is 11.6. The van der Waals surface area contributed by atoms with Gasteiger partial charge in [-0.1, -0.05) is 41.0 Å². The zero-order valence-electron chi connectivity index (χ0n) is 20.7. The number of carbonyl (C=O) groups is 1. The summed E-state index contributed by atoms with van der Waals surface area (Å²) in [7, 11) is 0. The Kier molecular flexibility index (Phi) is 6.53. The summed E-state index contributed by atoms with van der Waals surface area (Å²) in [6.45, 7) is 11.3. The van der Waals surface area contributed by atoms with E-state index in [1.807, 2.05) is 0 Å². The van der Waals surface area contributed by atoms with Crippen molar-refractivity contribution >= 4 is 5.97 Å². The minimum absolute atomic E-state index is 0.0269. The molecule has 1 unspecified atom stereocenters. The van der Waals surface area contributed by atoms with Crippen molar-refractivity contribution in [3.63, 3.8) is 0 Å². The van der Waals surface area contributed by atoms with E-state index in [1.54, 1.807) is 0 Å². The summed E-state index contributed by atoms with van der Waals surface area (Å²) in [5.41, 5.74) is -0.238. The van der Waals surface area contributed by atoms with Crippen LogP contribution in [0.3, 0.4) is 0 Å². The van der Waals surface area contributed by atoms with Crippen molar-refractivity contribution in [3.8, 4) is 0 Å². The molecular weight excluding hydrogens is 404 g/mol. The molecule has 0 aromatic rings. The second-order valence-corrected chi connectivity index (χ2v) is 12.6. The van der Waals surface area contributed by atoms with Gasteiger partial charge in [-0.05, 0) is 96.7 Å². The quantitative estimate of drug-likeness (QED) is 0.500. The van der Waals surface area contributed by atoms with E-state index < -0.39 is 12.1 Å². The first-order chi connectivity index (χ1) is 15.0. The molecule has 32 heavy (non-hydrogen) atoms. The van der Waals surface area contributed by atoms with Crippen molar-refractivity contribution in [2.45, 2.75) is 104 Å². The summed E-state index contributed by atoms with van der Waals surface area (Å²) in [6.07, 6.45) is 5.00. The van der Waals surface area contributed by atoms with E-state index in [-0.39, 0.29) is 59.0 Å². The van der Waals surface area contributed by atoms with Crippen LogP contribution in [0.25, 0.3) is 0 Å². The summed E-state index contributed by atoms with van der Waals surface area (Å²) in [5, 5.41) is 43.2. The third kappa shape index (κ3) is 3.40. The molecule has 4 saturated carbocycles. The van der Waals surface area contributed by atoms with Gasteiger partial charge in [0.1, 0.15) is 0 Å². The number of hydrogen-bond acceptors (Lipinski definition) is 4. The zero-order chi connectivity index (χ0) is 23.6. The van der Waals surface area contributed by atoms with Crippen LogP contribution < -0.4 is 0 Å². The highest BCUT2D eigenvalue weighted by molar-refractivity contribution is 5.66. The monoisotopic (exact) mass is 450 g/mol. The molecule has 4 rings (SSSR count). The van der Waals surface area contributed by atoms with Crippen LogP contribution in [0.4, 0.5) is 0 Å². The first kappa shape index (κ1) is 24.5. The molecule has 4 aliphatic carbocycles. The summed E-state index contributed by atoms with van der Waals surface area (Å²) in [5.74, 6) is 1.39. The van der Waals surface area contributed by atoms with E-state index in [4.69, 9.17) is 0 Å². The van der Waals surface area contributed by atoms with Crippen molar-refractivity contribution in [1.82, 2.24) is 0 Å². The number of aliphatic carboxylic acids is 1. The van der Waals surface area contributed by atoms with Gasteiger partial charge in [-0.2, -0.15) is 0 Å². The fraction of sp³-hybridized carbons (Fsp3) is 0.963. The summed E-state index contributed by atoms with van der Waals surface area (Å²) < 4.78 is 0. The molecule has 0 aliphatic heterocycles. The smallest absolute Gasteiger partial charge is 0.303 e. The summed E-state index contributed by atoms with van der Waals surface area (Å²) in [6, 6.07) is 0. The summed E-state index contributed by atoms with van der Waals surface area (Å²) >= 11 is 0. The number of carboxylic acid groups (broad SMARTS) is 1. The Balaban J connectivity index is 1.69. The number of rotatable bonds is 5. The van der Waals surface area contributed by atoms with Crippen molar-refractivity contribution < 1.29 is 25.2 Å². The minimum Gasteiger partial charge on any atom is -0.481 e. The Morgan fingerprint density at radius 1 is 1.00 bits per heavy atom. The molecule has 0 amide bonds. The molecule has 5 heteroatoms. The van der Waals surface area contributed by atoms with E-state index in [1.165, 1.54) is 0 Å². The molecular formula is C27H46O5. The number of fused-ring (bicyclic) bond motifs is 5. The topological polar surface area (TPSA) is 98.0 Å². The lowest BCUT2D eigenvalue weighted by Crippen LogP contribution is -2.66. The number of hydrogen-bond donors (Lipinski definition) is 4. The summed E-state index contributed by atoms with van der Waals surface area (Å²) in [4.78, 5) is 11.2. The lowest BCUT2D eigenvalue weighted by Gasteiger charge is -2.67. The Hall–Kier alpha value is -0.650. The largest absolute Gasteiger partial charge is 0.481 e. The van der Waals surface area contributed by atoms with Crippen molar-refractivity contribution in [3.05, 3.63) is 0 Å². The van der Waals surface area contributed by atoms with E-state index >= 15 is 0 Å². The first-order valence-corrected chi connectivity index (χ1v) is 13.2. The van der Waals surface area contributed by atoms with Gasteiger partial charge >= 0.3 is 5.97 Å². The lowest BCUT2D eigenvalue weighted by molar-refractivity contribution is -0.241. The van der Waals surface area contributed by atoms with E-state index in [2.05, 4.69) is 34.6 Å². The Bertz CT molecular complexity index is 710. The van der Waals surface area contributed by atoms with Gasteiger partial charge in [0.2, 0.25) is 0 Å². The van der Waals surface area contributed by atoms with Gasteiger partial charge < -0.3 is 20.4 Å². The van der Waals surface area contributed by atoms with Gasteiger partial charge in [-0.25, -0.2) is 0 Å². The molecule has 4 N–H and O–H groups in total. The highest BCUT2D eigenvalue weighted by Crippen LogP contribution is 2.70. The molecule has 0 aromatic carbocycles. The van der Waals surface area contributed by atoms with Crippen LogP contribution in [0.5, 0.6) is 0 Å². The van der Waals surface area contributed by atoms with E-state index in [9.17, 15) is 25.2 Å². The van der Waals surface area contributed by atoms with Crippen LogP contribution in [0.2, 0.25) is 0 Å². The molecule has 0 aromatic heterocycles. The Morgan fingerprint density at radius 2 is 1.69 bits per heavy atom. The Labute approximate surface area is 194 Å². The maximum atomic E-state index is 11.8. The van der Waals surface area contributed by atoms with Crippen molar-refractivity contribution in [1.29, 1.82) is 0 Å². The SMILES string of the molecule is CC[C@H]1[C@@H](O)[C@H]2[C@H](C[C@H](O)[C@]3(C)[C@@H]([C@H](C)CCC(=O)O)CC[C@@H]23)[C@@]2(C)C(C)C[C@@H](O)C[C@@H]12. The maximum absolute atomic E-state index is 11.8. The van der Waals surface area contributed by atoms with E-state index in [0.29, 0.717) is 24.2 Å². The normalized spacial score (nSPS) is 53.8. The second kappa shape index (κ2) is 8.53. The molecule has 0 bridgehead atoms. The molecule has 4 fully saturated rings. The van der Waals surface area contributed by atoms with Crippen LogP contribution in [-0.4, -0.2) is 44.7 Å². The van der Waals surface area contributed by atoms with E-state index in [0.717, 1.165) is 38.5 Å². The highest BCUT2D eigenvalue weighted by Gasteiger charge is 2.68. The van der Waals surface area contributed by atoms with Crippen molar-refractivity contribution in [2.24, 2.45) is 58.2 Å². The molecule has 0 radical (unpaired) electrons. The molecule has 4 aliphatic rings. The fourth-order valence-corrected chi connectivity index (χ4v) is 9.88. The molecule has 184 valence electrons. The maximum Gasteiger partial charge on any atom is 0.303 e. The zero-order valence-corrected chi connectivity index (χ0v) is 20.7. The van der Waals surface area contributed by atoms with Crippen molar-refractivity contribution in [2.75, 3.05) is 0 Å². The van der Waals surface area contributed by atoms with Crippen LogP contribution in [0, 0.1) is 58.2 Å². The molecule has 5 nitrogen and oxygen atoms in total. The van der Waals surface area contributed by atoms with Crippen LogP contribution in [0.15, 0.2) is 0 Å². The number of aliphatic hydroxyl groups excluding tert-OH is 3. The minimum atomic E-state index is -0.748. The highest BCUT2D eigenvalue weighted by atomic mass is 16.4. The number of aliphatic hydroxyl groups is 3. The van der Waals surface area contributed by atoms with Gasteiger partial charge in [0.05, 0.1) is 18.3 Å². The predicted molar refractivity (Wildman–Crippen MR) is 124 cm³/mol. The Morgan fingerprint density at radius 3 is 2.31 bits per heavy atom.